The average molecular weight is 339 g/mol. The number of nitrogens with one attached hydrogen (secondary N) is 1. The normalized spacial score (nSPS) is 16.7. The molecule has 0 atom stereocenters. The van der Waals surface area contributed by atoms with Crippen molar-refractivity contribution in [1.29, 1.82) is 0 Å². The van der Waals surface area contributed by atoms with Crippen LogP contribution in [0.2, 0.25) is 0 Å². The molecule has 0 unspecified atom stereocenters. The van der Waals surface area contributed by atoms with Crippen molar-refractivity contribution >= 4 is 39.9 Å². The molecule has 114 valence electrons. The van der Waals surface area contributed by atoms with Crippen molar-refractivity contribution in [3.8, 4) is 0 Å². The van der Waals surface area contributed by atoms with Crippen molar-refractivity contribution in [2.24, 2.45) is 0 Å². The van der Waals surface area contributed by atoms with Crippen molar-refractivity contribution in [3.63, 3.8) is 0 Å². The molecule has 1 aliphatic rings. The lowest BCUT2D eigenvalue weighted by Gasteiger charge is -2.11. The quantitative estimate of drug-likeness (QED) is 0.736. The van der Waals surface area contributed by atoms with Gasteiger partial charge in [-0.1, -0.05) is 30.0 Å². The number of hydrogen-bond acceptors (Lipinski definition) is 5. The predicted molar refractivity (Wildman–Crippen MR) is 96.1 cm³/mol. The zero-order chi connectivity index (χ0) is 15.8. The second-order valence-corrected chi connectivity index (χ2v) is 7.17. The summed E-state index contributed by atoms with van der Waals surface area (Å²) in [5, 5.41) is 0.970. The maximum absolute atomic E-state index is 12.4. The van der Waals surface area contributed by atoms with Crippen molar-refractivity contribution in [2.45, 2.75) is 4.90 Å². The number of fused-ring (bicyclic) bond motifs is 1. The third-order valence-corrected chi connectivity index (χ3v) is 5.94. The van der Waals surface area contributed by atoms with Gasteiger partial charge >= 0.3 is 0 Å². The van der Waals surface area contributed by atoms with E-state index in [-0.39, 0.29) is 5.56 Å². The van der Waals surface area contributed by atoms with Crippen molar-refractivity contribution in [3.05, 3.63) is 73.9 Å². The van der Waals surface area contributed by atoms with Crippen LogP contribution in [0.25, 0.3) is 11.1 Å². The highest BCUT2D eigenvalue weighted by Crippen LogP contribution is 2.44. The largest absolute Gasteiger partial charge is 0.337 e. The summed E-state index contributed by atoms with van der Waals surface area (Å²) in [7, 11) is 2.00. The Hall–Kier alpha value is -2.31. The summed E-state index contributed by atoms with van der Waals surface area (Å²) in [5.74, 6) is 0. The molecule has 0 saturated heterocycles. The fourth-order valence-electron chi connectivity index (χ4n) is 2.45. The molecule has 0 radical (unpaired) electrons. The van der Waals surface area contributed by atoms with E-state index >= 15 is 0 Å². The highest BCUT2D eigenvalue weighted by Gasteiger charge is 2.23. The Morgan fingerprint density at radius 3 is 2.78 bits per heavy atom. The van der Waals surface area contributed by atoms with Crippen molar-refractivity contribution in [2.75, 3.05) is 11.9 Å². The average Bonchev–Trinajstić information content (AvgIpc) is 3.09. The number of para-hydroxylation sites is 1. The Morgan fingerprint density at radius 1 is 1.17 bits per heavy atom. The Bertz CT molecular complexity index is 1040. The molecule has 1 N–H and O–H groups in total. The molecule has 0 amide bonds. The van der Waals surface area contributed by atoms with Gasteiger partial charge in [0.1, 0.15) is 9.56 Å². The van der Waals surface area contributed by atoms with E-state index in [2.05, 4.69) is 27.0 Å². The molecule has 4 nitrogen and oxygen atoms in total. The van der Waals surface area contributed by atoms with E-state index in [4.69, 9.17) is 0 Å². The number of pyridine rings is 1. The first-order valence-corrected chi connectivity index (χ1v) is 8.72. The lowest BCUT2D eigenvalue weighted by atomic mass is 10.3. The summed E-state index contributed by atoms with van der Waals surface area (Å²) in [6.45, 7) is 0. The number of aromatic nitrogens is 2. The van der Waals surface area contributed by atoms with E-state index in [0.29, 0.717) is 0 Å². The van der Waals surface area contributed by atoms with Crippen LogP contribution in [0.15, 0.2) is 58.4 Å². The molecule has 1 aromatic carbocycles. The molecular weight excluding hydrogens is 326 g/mol. The van der Waals surface area contributed by atoms with Crippen LogP contribution >= 0.6 is 23.1 Å². The minimum atomic E-state index is -0.0562. The molecule has 0 bridgehead atoms. The van der Waals surface area contributed by atoms with Crippen LogP contribution in [0.3, 0.4) is 0 Å². The molecule has 0 aliphatic carbocycles. The molecular formula is C17H13N3OS2. The zero-order valence-corrected chi connectivity index (χ0v) is 13.9. The monoisotopic (exact) mass is 339 g/mol. The summed E-state index contributed by atoms with van der Waals surface area (Å²) in [4.78, 5) is 22.8. The molecule has 3 aromatic rings. The molecule has 0 saturated carbocycles. The highest BCUT2D eigenvalue weighted by molar-refractivity contribution is 8.08. The molecule has 1 aliphatic heterocycles. The summed E-state index contributed by atoms with van der Waals surface area (Å²) < 4.78 is 1.54. The predicted octanol–water partition coefficient (Wildman–Crippen LogP) is 1.97. The second-order valence-electron chi connectivity index (χ2n) is 5.08. The van der Waals surface area contributed by atoms with E-state index < -0.39 is 0 Å². The number of benzene rings is 1. The van der Waals surface area contributed by atoms with Gasteiger partial charge in [-0.25, -0.2) is 0 Å². The number of aromatic amines is 1. The summed E-state index contributed by atoms with van der Waals surface area (Å²) in [6.07, 6.45) is 3.63. The summed E-state index contributed by atoms with van der Waals surface area (Å²) in [6, 6.07) is 13.9. The van der Waals surface area contributed by atoms with Gasteiger partial charge in [-0.2, -0.15) is 0 Å². The van der Waals surface area contributed by atoms with Crippen molar-refractivity contribution < 1.29 is 0 Å². The van der Waals surface area contributed by atoms with Gasteiger partial charge in [-0.05, 0) is 30.3 Å². The molecule has 6 heteroatoms. The van der Waals surface area contributed by atoms with Crippen LogP contribution in [-0.4, -0.2) is 17.0 Å². The SMILES string of the molecule is CN1/C(=c2\s/c(=C\c3ccccn3)[nH]c2=O)Sc2ccccc21. The van der Waals surface area contributed by atoms with Gasteiger partial charge in [0.15, 0.2) is 0 Å². The number of hydrogen-bond donors (Lipinski definition) is 1. The van der Waals surface area contributed by atoms with Gasteiger partial charge in [-0.15, -0.1) is 11.3 Å². The topological polar surface area (TPSA) is 49.0 Å². The molecule has 3 heterocycles. The number of rotatable bonds is 1. The number of H-pyrrole nitrogens is 1. The van der Waals surface area contributed by atoms with E-state index in [1.807, 2.05) is 43.5 Å². The third-order valence-electron chi connectivity index (χ3n) is 3.55. The van der Waals surface area contributed by atoms with E-state index in [9.17, 15) is 4.79 Å². The number of nitrogens with zero attached hydrogens (tertiary/aromatic N) is 2. The maximum atomic E-state index is 12.4. The van der Waals surface area contributed by atoms with E-state index in [1.165, 1.54) is 16.2 Å². The van der Waals surface area contributed by atoms with E-state index in [0.717, 1.165) is 25.6 Å². The first-order chi connectivity index (χ1) is 11.2. The minimum absolute atomic E-state index is 0.0562. The molecule has 4 rings (SSSR count). The Morgan fingerprint density at radius 2 is 2.00 bits per heavy atom. The maximum Gasteiger partial charge on any atom is 0.269 e. The first-order valence-electron chi connectivity index (χ1n) is 7.09. The van der Waals surface area contributed by atoms with Gasteiger partial charge in [-0.3, -0.25) is 9.78 Å². The minimum Gasteiger partial charge on any atom is -0.337 e. The summed E-state index contributed by atoms with van der Waals surface area (Å²) >= 11 is 3.10. The smallest absolute Gasteiger partial charge is 0.269 e. The van der Waals surface area contributed by atoms with Gasteiger partial charge < -0.3 is 9.88 Å². The molecule has 0 fully saturated rings. The van der Waals surface area contributed by atoms with Crippen LogP contribution < -0.4 is 19.7 Å². The molecule has 2 aromatic heterocycles. The highest BCUT2D eigenvalue weighted by atomic mass is 32.2. The zero-order valence-electron chi connectivity index (χ0n) is 12.3. The number of anilines is 1. The first kappa shape index (κ1) is 14.3. The van der Waals surface area contributed by atoms with Gasteiger partial charge in [0, 0.05) is 18.1 Å². The van der Waals surface area contributed by atoms with E-state index in [1.54, 1.807) is 18.0 Å². The van der Waals surface area contributed by atoms with Crippen LogP contribution in [0, 0.1) is 0 Å². The second kappa shape index (κ2) is 5.72. The third kappa shape index (κ3) is 2.60. The summed E-state index contributed by atoms with van der Waals surface area (Å²) in [5.41, 5.74) is 1.91. The van der Waals surface area contributed by atoms with Crippen LogP contribution in [0.5, 0.6) is 0 Å². The van der Waals surface area contributed by atoms with Gasteiger partial charge in [0.2, 0.25) is 0 Å². The Kier molecular flexibility index (Phi) is 3.55. The molecule has 0 spiro atoms. The lowest BCUT2D eigenvalue weighted by Crippen LogP contribution is -2.26. The van der Waals surface area contributed by atoms with Crippen LogP contribution in [-0.2, 0) is 0 Å². The van der Waals surface area contributed by atoms with Crippen LogP contribution in [0.1, 0.15) is 5.69 Å². The van der Waals surface area contributed by atoms with Crippen LogP contribution in [0.4, 0.5) is 5.69 Å². The fourth-order valence-corrected chi connectivity index (χ4v) is 4.70. The number of thioether (sulfide) groups is 1. The number of thiazole rings is 1. The van der Waals surface area contributed by atoms with Crippen molar-refractivity contribution in [1.82, 2.24) is 9.97 Å². The lowest BCUT2D eigenvalue weighted by molar-refractivity contribution is 1.21. The Balaban J connectivity index is 1.86. The standard InChI is InChI=1S/C17H13N3OS2/c1-20-12-7-2-3-8-13(12)22-17(20)15-16(21)19-14(23-15)10-11-6-4-5-9-18-11/h2-10H,1H3,(H,19,21)/b14-10-,17-15+. The molecule has 23 heavy (non-hydrogen) atoms. The fraction of sp³-hybridized carbons (Fsp3) is 0.0588. The van der Waals surface area contributed by atoms with Gasteiger partial charge in [0.05, 0.1) is 16.0 Å². The van der Waals surface area contributed by atoms with Gasteiger partial charge in [0.25, 0.3) is 5.56 Å². The Labute approximate surface area is 140 Å².